The third kappa shape index (κ3) is 2.88. The number of benzene rings is 1. The lowest BCUT2D eigenvalue weighted by Gasteiger charge is -2.10. The molecule has 0 aliphatic carbocycles. The average molecular weight is 348 g/mol. The van der Waals surface area contributed by atoms with Crippen LogP contribution in [-0.2, 0) is 0 Å². The first kappa shape index (κ1) is 15.4. The molecule has 0 aliphatic rings. The summed E-state index contributed by atoms with van der Waals surface area (Å²) in [6, 6.07) is 14.0. The maximum Gasteiger partial charge on any atom is 0.182 e. The summed E-state index contributed by atoms with van der Waals surface area (Å²) in [5, 5.41) is 0. The number of hydrogen-bond donors (Lipinski definition) is 1. The van der Waals surface area contributed by atoms with Gasteiger partial charge in [-0.1, -0.05) is 0 Å². The molecule has 4 aromatic rings. The van der Waals surface area contributed by atoms with Crippen LogP contribution in [-0.4, -0.2) is 19.5 Å². The molecule has 6 heteroatoms. The van der Waals surface area contributed by atoms with Crippen LogP contribution in [0.1, 0.15) is 0 Å². The van der Waals surface area contributed by atoms with Crippen LogP contribution in [0.15, 0.2) is 73.3 Å². The molecule has 122 valence electrons. The normalized spacial score (nSPS) is 10.8. The molecule has 0 atom stereocenters. The molecule has 0 saturated heterocycles. The number of imidazole rings is 1. The number of nitrogens with one attached hydrogen (secondary N) is 1. The van der Waals surface area contributed by atoms with Gasteiger partial charge in [0.1, 0.15) is 5.82 Å². The van der Waals surface area contributed by atoms with Gasteiger partial charge in [-0.05, 0) is 60.7 Å². The predicted molar refractivity (Wildman–Crippen MR) is 97.4 cm³/mol. The quantitative estimate of drug-likeness (QED) is 0.541. The zero-order chi connectivity index (χ0) is 17.2. The Morgan fingerprint density at radius 1 is 0.880 bits per heavy atom. The second kappa shape index (κ2) is 6.41. The maximum atomic E-state index is 13.3. The number of nitrogens with zero attached hydrogens (tertiary/aromatic N) is 3. The highest BCUT2D eigenvalue weighted by Crippen LogP contribution is 2.33. The van der Waals surface area contributed by atoms with E-state index in [2.05, 4.69) is 15.0 Å². The Morgan fingerprint density at radius 2 is 1.64 bits per heavy atom. The van der Waals surface area contributed by atoms with E-state index in [1.54, 1.807) is 36.9 Å². The monoisotopic (exact) mass is 348 g/mol. The van der Waals surface area contributed by atoms with E-state index in [0.717, 1.165) is 28.2 Å². The van der Waals surface area contributed by atoms with E-state index in [1.165, 1.54) is 12.1 Å². The molecule has 0 bridgehead atoms. The lowest BCUT2D eigenvalue weighted by molar-refractivity contribution is 0.628. The van der Waals surface area contributed by atoms with Crippen molar-refractivity contribution in [1.29, 1.82) is 0 Å². The highest BCUT2D eigenvalue weighted by molar-refractivity contribution is 7.71. The minimum atomic E-state index is -0.278. The molecule has 4 nitrogen and oxygen atoms in total. The van der Waals surface area contributed by atoms with Crippen molar-refractivity contribution in [3.63, 3.8) is 0 Å². The summed E-state index contributed by atoms with van der Waals surface area (Å²) in [5.41, 5.74) is 4.35. The van der Waals surface area contributed by atoms with Gasteiger partial charge >= 0.3 is 0 Å². The first-order valence-corrected chi connectivity index (χ1v) is 8.06. The summed E-state index contributed by atoms with van der Waals surface area (Å²) in [5.74, 6) is -0.278. The van der Waals surface area contributed by atoms with E-state index in [0.29, 0.717) is 4.77 Å². The summed E-state index contributed by atoms with van der Waals surface area (Å²) in [6.07, 6.45) is 6.93. The highest BCUT2D eigenvalue weighted by Gasteiger charge is 2.17. The largest absolute Gasteiger partial charge is 0.330 e. The predicted octanol–water partition coefficient (Wildman–Crippen LogP) is 4.80. The Balaban J connectivity index is 2.03. The van der Waals surface area contributed by atoms with E-state index in [4.69, 9.17) is 12.2 Å². The number of rotatable bonds is 3. The minimum Gasteiger partial charge on any atom is -0.330 e. The first-order valence-electron chi connectivity index (χ1n) is 7.66. The molecule has 4 rings (SSSR count). The van der Waals surface area contributed by atoms with Crippen molar-refractivity contribution in [2.45, 2.75) is 0 Å². The van der Waals surface area contributed by atoms with Gasteiger partial charge in [0.15, 0.2) is 4.77 Å². The molecule has 1 N–H and O–H groups in total. The third-order valence-corrected chi connectivity index (χ3v) is 4.17. The van der Waals surface area contributed by atoms with E-state index in [1.807, 2.05) is 28.8 Å². The first-order chi connectivity index (χ1) is 12.2. The molecular weight excluding hydrogens is 335 g/mol. The molecule has 0 saturated carbocycles. The molecule has 3 heterocycles. The average Bonchev–Trinajstić information content (AvgIpc) is 3.01. The van der Waals surface area contributed by atoms with Crippen LogP contribution in [0.5, 0.6) is 0 Å². The number of H-pyrrole nitrogens is 1. The summed E-state index contributed by atoms with van der Waals surface area (Å²) >= 11 is 5.56. The Hall–Kier alpha value is -3.12. The van der Waals surface area contributed by atoms with Gasteiger partial charge in [-0.2, -0.15) is 0 Å². The Bertz CT molecular complexity index is 1050. The van der Waals surface area contributed by atoms with Gasteiger partial charge in [0.2, 0.25) is 0 Å². The van der Waals surface area contributed by atoms with Gasteiger partial charge in [-0.3, -0.25) is 14.5 Å². The third-order valence-electron chi connectivity index (χ3n) is 3.89. The molecule has 0 spiro atoms. The number of hydrogen-bond acceptors (Lipinski definition) is 3. The van der Waals surface area contributed by atoms with Crippen molar-refractivity contribution < 1.29 is 4.39 Å². The van der Waals surface area contributed by atoms with Crippen LogP contribution in [0.2, 0.25) is 0 Å². The van der Waals surface area contributed by atoms with E-state index in [9.17, 15) is 4.39 Å². The number of aromatic nitrogens is 4. The van der Waals surface area contributed by atoms with Crippen molar-refractivity contribution in [2.24, 2.45) is 0 Å². The number of pyridine rings is 2. The molecule has 0 radical (unpaired) electrons. The van der Waals surface area contributed by atoms with Crippen molar-refractivity contribution in [2.75, 3.05) is 0 Å². The second-order valence-electron chi connectivity index (χ2n) is 5.44. The fraction of sp³-hybridized carbons (Fsp3) is 0. The highest BCUT2D eigenvalue weighted by atomic mass is 32.1. The van der Waals surface area contributed by atoms with Crippen LogP contribution in [0.3, 0.4) is 0 Å². The fourth-order valence-electron chi connectivity index (χ4n) is 2.78. The van der Waals surface area contributed by atoms with Gasteiger partial charge in [-0.15, -0.1) is 0 Å². The van der Waals surface area contributed by atoms with Crippen LogP contribution in [0.4, 0.5) is 4.39 Å². The summed E-state index contributed by atoms with van der Waals surface area (Å²) < 4.78 is 15.8. The summed E-state index contributed by atoms with van der Waals surface area (Å²) in [7, 11) is 0. The molecule has 1 aromatic carbocycles. The number of halogens is 1. The molecule has 0 amide bonds. The van der Waals surface area contributed by atoms with E-state index >= 15 is 0 Å². The van der Waals surface area contributed by atoms with Gasteiger partial charge in [0, 0.05) is 29.7 Å². The molecule has 25 heavy (non-hydrogen) atoms. The van der Waals surface area contributed by atoms with Crippen LogP contribution in [0, 0.1) is 10.6 Å². The van der Waals surface area contributed by atoms with Crippen LogP contribution < -0.4 is 0 Å². The van der Waals surface area contributed by atoms with Gasteiger partial charge < -0.3 is 4.98 Å². The second-order valence-corrected chi connectivity index (χ2v) is 5.83. The van der Waals surface area contributed by atoms with Gasteiger partial charge in [0.25, 0.3) is 0 Å². The molecular formula is C19H13FN4S. The lowest BCUT2D eigenvalue weighted by atomic mass is 10.1. The molecule has 3 aromatic heterocycles. The van der Waals surface area contributed by atoms with Crippen LogP contribution in [0.25, 0.3) is 28.2 Å². The Morgan fingerprint density at radius 3 is 2.32 bits per heavy atom. The van der Waals surface area contributed by atoms with Crippen LogP contribution >= 0.6 is 12.2 Å². The Kier molecular flexibility index (Phi) is 3.95. The Labute approximate surface area is 148 Å². The van der Waals surface area contributed by atoms with Crippen molar-refractivity contribution in [3.8, 4) is 28.2 Å². The molecule has 0 fully saturated rings. The smallest absolute Gasteiger partial charge is 0.182 e. The maximum absolute atomic E-state index is 13.3. The standard InChI is InChI=1S/C19H13FN4S/c20-15-5-3-13(4-6-15)17-18(14-7-10-21-11-8-14)24(19(25)23-17)16-2-1-9-22-12-16/h1-12H,(H,23,25). The zero-order valence-corrected chi connectivity index (χ0v) is 13.9. The minimum absolute atomic E-state index is 0.278. The van der Waals surface area contributed by atoms with E-state index in [-0.39, 0.29) is 5.82 Å². The van der Waals surface area contributed by atoms with Gasteiger partial charge in [0.05, 0.1) is 23.3 Å². The fourth-order valence-corrected chi connectivity index (χ4v) is 3.08. The topological polar surface area (TPSA) is 46.5 Å². The lowest BCUT2D eigenvalue weighted by Crippen LogP contribution is -1.98. The van der Waals surface area contributed by atoms with Crippen molar-refractivity contribution in [1.82, 2.24) is 19.5 Å². The summed E-state index contributed by atoms with van der Waals surface area (Å²) in [6.45, 7) is 0. The number of aromatic amines is 1. The zero-order valence-electron chi connectivity index (χ0n) is 13.1. The van der Waals surface area contributed by atoms with Crippen molar-refractivity contribution >= 4 is 12.2 Å². The van der Waals surface area contributed by atoms with Crippen molar-refractivity contribution in [3.05, 3.63) is 83.9 Å². The van der Waals surface area contributed by atoms with E-state index < -0.39 is 0 Å². The summed E-state index contributed by atoms with van der Waals surface area (Å²) in [4.78, 5) is 11.5. The SMILES string of the molecule is Fc1ccc(-c2[nH]c(=S)n(-c3cccnc3)c2-c2ccncc2)cc1. The molecule has 0 aliphatic heterocycles. The van der Waals surface area contributed by atoms with Gasteiger partial charge in [-0.25, -0.2) is 4.39 Å². The molecule has 0 unspecified atom stereocenters.